The minimum Gasteiger partial charge on any atom is -0.443 e. The van der Waals surface area contributed by atoms with Crippen LogP contribution in [0.25, 0.3) is 0 Å². The molecule has 1 atom stereocenters. The highest BCUT2D eigenvalue weighted by molar-refractivity contribution is 5.68. The Balaban J connectivity index is 1.91. The van der Waals surface area contributed by atoms with Crippen LogP contribution in [0.5, 0.6) is 0 Å². The van der Waals surface area contributed by atoms with Crippen LogP contribution in [0.3, 0.4) is 0 Å². The van der Waals surface area contributed by atoms with Gasteiger partial charge >= 0.3 is 6.09 Å². The van der Waals surface area contributed by atoms with Crippen LogP contribution >= 0.6 is 0 Å². The first-order valence-electron chi connectivity index (χ1n) is 8.76. The molecule has 1 unspecified atom stereocenters. The molecular weight excluding hydrogens is 280 g/mol. The van der Waals surface area contributed by atoms with Gasteiger partial charge in [-0.15, -0.1) is 0 Å². The largest absolute Gasteiger partial charge is 0.443 e. The van der Waals surface area contributed by atoms with Crippen molar-refractivity contribution in [3.8, 4) is 0 Å². The molecule has 2 rings (SSSR count). The van der Waals surface area contributed by atoms with Crippen molar-refractivity contribution < 1.29 is 14.3 Å². The average molecular weight is 312 g/mol. The van der Waals surface area contributed by atoms with E-state index in [0.29, 0.717) is 12.5 Å². The van der Waals surface area contributed by atoms with Gasteiger partial charge in [0.2, 0.25) is 0 Å². The maximum Gasteiger partial charge on any atom is 0.410 e. The Morgan fingerprint density at radius 3 is 2.41 bits per heavy atom. The Bertz CT molecular complexity index is 342. The predicted octanol–water partition coefficient (Wildman–Crippen LogP) is 2.79. The lowest BCUT2D eigenvalue weighted by Gasteiger charge is -2.34. The second-order valence-electron chi connectivity index (χ2n) is 7.48. The Kier molecular flexibility index (Phi) is 6.50. The van der Waals surface area contributed by atoms with Crippen LogP contribution in [0.15, 0.2) is 0 Å². The number of hydrogen-bond donors (Lipinski definition) is 1. The number of nitrogens with one attached hydrogen (secondary N) is 1. The molecule has 0 bridgehead atoms. The molecule has 0 radical (unpaired) electrons. The van der Waals surface area contributed by atoms with Crippen molar-refractivity contribution in [2.45, 2.75) is 64.6 Å². The number of piperazine rings is 1. The van der Waals surface area contributed by atoms with Crippen molar-refractivity contribution in [1.82, 2.24) is 10.2 Å². The van der Waals surface area contributed by atoms with E-state index in [4.69, 9.17) is 9.47 Å². The lowest BCUT2D eigenvalue weighted by atomic mass is 9.85. The number of hydrogen-bond acceptors (Lipinski definition) is 4. The fourth-order valence-electron chi connectivity index (χ4n) is 3.16. The number of rotatable bonds is 4. The molecule has 1 saturated heterocycles. The van der Waals surface area contributed by atoms with Gasteiger partial charge in [-0.2, -0.15) is 0 Å². The third-order valence-electron chi connectivity index (χ3n) is 4.48. The van der Waals surface area contributed by atoms with Crippen LogP contribution in [0.2, 0.25) is 0 Å². The maximum absolute atomic E-state index is 12.4. The zero-order valence-electron chi connectivity index (χ0n) is 14.4. The second kappa shape index (κ2) is 8.16. The zero-order valence-corrected chi connectivity index (χ0v) is 14.4. The third-order valence-corrected chi connectivity index (χ3v) is 4.48. The molecule has 0 aromatic heterocycles. The van der Waals surface area contributed by atoms with Crippen LogP contribution in [0.4, 0.5) is 4.79 Å². The van der Waals surface area contributed by atoms with E-state index >= 15 is 0 Å². The molecule has 128 valence electrons. The monoisotopic (exact) mass is 312 g/mol. The molecule has 1 saturated carbocycles. The fraction of sp³-hybridized carbons (Fsp3) is 0.941. The van der Waals surface area contributed by atoms with Crippen molar-refractivity contribution >= 4 is 6.09 Å². The first-order valence-corrected chi connectivity index (χ1v) is 8.76. The van der Waals surface area contributed by atoms with E-state index in [1.165, 1.54) is 19.3 Å². The van der Waals surface area contributed by atoms with E-state index < -0.39 is 0 Å². The van der Waals surface area contributed by atoms with E-state index in [1.54, 1.807) is 0 Å². The molecule has 0 aromatic rings. The minimum atomic E-state index is -0.200. The molecule has 1 N–H and O–H groups in total. The average Bonchev–Trinajstić information content (AvgIpc) is 2.52. The Hall–Kier alpha value is -0.810. The van der Waals surface area contributed by atoms with Crippen molar-refractivity contribution in [2.24, 2.45) is 5.92 Å². The van der Waals surface area contributed by atoms with Crippen molar-refractivity contribution in [3.63, 3.8) is 0 Å². The lowest BCUT2D eigenvalue weighted by Crippen LogP contribution is -2.48. The molecule has 2 fully saturated rings. The first-order chi connectivity index (χ1) is 10.5. The topological polar surface area (TPSA) is 50.8 Å². The molecule has 5 nitrogen and oxygen atoms in total. The smallest absolute Gasteiger partial charge is 0.410 e. The molecule has 1 aliphatic carbocycles. The van der Waals surface area contributed by atoms with Crippen LogP contribution in [0.1, 0.15) is 52.9 Å². The van der Waals surface area contributed by atoms with Crippen LogP contribution in [0, 0.1) is 5.92 Å². The molecule has 5 heteroatoms. The summed E-state index contributed by atoms with van der Waals surface area (Å²) in [6.07, 6.45) is 5.79. The highest BCUT2D eigenvalue weighted by atomic mass is 16.6. The Morgan fingerprint density at radius 2 is 1.82 bits per heavy atom. The van der Waals surface area contributed by atoms with Gasteiger partial charge in [0.1, 0.15) is 6.10 Å². The van der Waals surface area contributed by atoms with E-state index in [2.05, 4.69) is 5.32 Å². The van der Waals surface area contributed by atoms with Gasteiger partial charge in [0.25, 0.3) is 0 Å². The van der Waals surface area contributed by atoms with Crippen molar-refractivity contribution in [2.75, 3.05) is 32.8 Å². The third kappa shape index (κ3) is 5.76. The second-order valence-corrected chi connectivity index (χ2v) is 7.48. The summed E-state index contributed by atoms with van der Waals surface area (Å²) in [5.74, 6) is 0.447. The maximum atomic E-state index is 12.4. The Morgan fingerprint density at radius 1 is 1.18 bits per heavy atom. The summed E-state index contributed by atoms with van der Waals surface area (Å²) in [5.41, 5.74) is -0.200. The van der Waals surface area contributed by atoms with E-state index in [0.717, 1.165) is 39.0 Å². The molecule has 1 aliphatic heterocycles. The lowest BCUT2D eigenvalue weighted by molar-refractivity contribution is -0.0783. The summed E-state index contributed by atoms with van der Waals surface area (Å²) in [6.45, 7) is 9.80. The zero-order chi connectivity index (χ0) is 16.0. The molecule has 22 heavy (non-hydrogen) atoms. The van der Waals surface area contributed by atoms with Crippen molar-refractivity contribution in [3.05, 3.63) is 0 Å². The molecule has 1 heterocycles. The van der Waals surface area contributed by atoms with Crippen LogP contribution in [-0.2, 0) is 9.47 Å². The van der Waals surface area contributed by atoms with Crippen LogP contribution < -0.4 is 5.32 Å². The highest BCUT2D eigenvalue weighted by Crippen LogP contribution is 2.29. The summed E-state index contributed by atoms with van der Waals surface area (Å²) in [6, 6.07) is 0. The number of amides is 1. The first kappa shape index (κ1) is 17.5. The highest BCUT2D eigenvalue weighted by Gasteiger charge is 2.30. The van der Waals surface area contributed by atoms with Gasteiger partial charge in [-0.05, 0) is 39.5 Å². The van der Waals surface area contributed by atoms with Gasteiger partial charge in [0.15, 0.2) is 0 Å². The van der Waals surface area contributed by atoms with E-state index in [9.17, 15) is 4.79 Å². The van der Waals surface area contributed by atoms with Gasteiger partial charge in [0, 0.05) is 26.2 Å². The number of nitrogens with zero attached hydrogens (tertiary/aromatic N) is 1. The quantitative estimate of drug-likeness (QED) is 0.867. The van der Waals surface area contributed by atoms with Crippen LogP contribution in [-0.4, -0.2) is 55.5 Å². The molecule has 2 aliphatic rings. The summed E-state index contributed by atoms with van der Waals surface area (Å²) in [7, 11) is 0. The molecule has 1 amide bonds. The number of ether oxygens (including phenoxy) is 2. The normalized spacial score (nSPS) is 22.4. The summed E-state index contributed by atoms with van der Waals surface area (Å²) >= 11 is 0. The summed E-state index contributed by atoms with van der Waals surface area (Å²) in [4.78, 5) is 14.2. The summed E-state index contributed by atoms with van der Waals surface area (Å²) in [5, 5.41) is 3.26. The predicted molar refractivity (Wildman–Crippen MR) is 87.0 cm³/mol. The molecule has 0 aromatic carbocycles. The van der Waals surface area contributed by atoms with Gasteiger partial charge in [-0.25, -0.2) is 4.79 Å². The number of carbonyl (C=O) groups excluding carboxylic acids is 1. The molecular formula is C17H32N2O3. The van der Waals surface area contributed by atoms with E-state index in [1.807, 2.05) is 25.7 Å². The number of carbonyl (C=O) groups is 1. The van der Waals surface area contributed by atoms with Crippen molar-refractivity contribution in [1.29, 1.82) is 0 Å². The minimum absolute atomic E-state index is 0.109. The fourth-order valence-corrected chi connectivity index (χ4v) is 3.16. The van der Waals surface area contributed by atoms with E-state index in [-0.39, 0.29) is 17.8 Å². The SMILES string of the molecule is CC(C)(C)OCC(OC(=O)N1CCNCC1)C1CCCCC1. The Labute approximate surface area is 134 Å². The summed E-state index contributed by atoms with van der Waals surface area (Å²) < 4.78 is 11.8. The van der Waals surface area contributed by atoms with Gasteiger partial charge in [-0.3, -0.25) is 0 Å². The standard InChI is InChI=1S/C17H32N2O3/c1-17(2,3)21-13-15(14-7-5-4-6-8-14)22-16(20)19-11-9-18-10-12-19/h14-15,18H,4-13H2,1-3H3. The van der Waals surface area contributed by atoms with Gasteiger partial charge in [-0.1, -0.05) is 19.3 Å². The van der Waals surface area contributed by atoms with Gasteiger partial charge in [0.05, 0.1) is 12.2 Å². The molecule has 0 spiro atoms. The van der Waals surface area contributed by atoms with Gasteiger partial charge < -0.3 is 19.7 Å².